The van der Waals surface area contributed by atoms with Gasteiger partial charge in [0.25, 0.3) is 0 Å². The van der Waals surface area contributed by atoms with E-state index in [4.69, 9.17) is 0 Å². The Hall–Kier alpha value is -2.23. The second kappa shape index (κ2) is 7.12. The van der Waals surface area contributed by atoms with Gasteiger partial charge in [0.2, 0.25) is 0 Å². The molecular formula is C21H23N3. The number of nitrogens with zero attached hydrogens (tertiary/aromatic N) is 2. The summed E-state index contributed by atoms with van der Waals surface area (Å²) in [6.07, 6.45) is 4.99. The summed E-state index contributed by atoms with van der Waals surface area (Å²) in [5, 5.41) is 6.12. The van der Waals surface area contributed by atoms with Gasteiger partial charge in [0.1, 0.15) is 0 Å². The van der Waals surface area contributed by atoms with E-state index >= 15 is 0 Å². The van der Waals surface area contributed by atoms with Crippen molar-refractivity contribution in [3.05, 3.63) is 78.1 Å². The summed E-state index contributed by atoms with van der Waals surface area (Å²) >= 11 is 0. The summed E-state index contributed by atoms with van der Waals surface area (Å²) in [6.45, 7) is 4.35. The first-order valence-corrected chi connectivity index (χ1v) is 8.75. The molecule has 3 nitrogen and oxygen atoms in total. The van der Waals surface area contributed by atoms with Crippen LogP contribution >= 0.6 is 0 Å². The van der Waals surface area contributed by atoms with E-state index in [1.54, 1.807) is 0 Å². The highest BCUT2D eigenvalue weighted by Gasteiger charge is 2.23. The fourth-order valence-electron chi connectivity index (χ4n) is 3.66. The zero-order chi connectivity index (χ0) is 16.2. The summed E-state index contributed by atoms with van der Waals surface area (Å²) in [5.74, 6) is 0. The number of nitrogens with one attached hydrogen (secondary N) is 1. The maximum atomic E-state index is 4.20. The maximum absolute atomic E-state index is 4.20. The van der Waals surface area contributed by atoms with Gasteiger partial charge in [0.15, 0.2) is 0 Å². The molecule has 2 heterocycles. The van der Waals surface area contributed by atoms with Crippen LogP contribution in [-0.2, 0) is 0 Å². The van der Waals surface area contributed by atoms with Crippen molar-refractivity contribution in [1.82, 2.24) is 15.2 Å². The smallest absolute Gasteiger partial charge is 0.0603 e. The highest BCUT2D eigenvalue weighted by Crippen LogP contribution is 2.31. The third-order valence-electron chi connectivity index (χ3n) is 4.85. The standard InChI is InChI=1S/C21H23N3/c1-2-5-19-16-20(7-6-17(19)4-1)21(18-8-11-23-12-9-18)24-14-3-10-22-13-15-24/h1-2,4-9,11-12,16,21-22H,3,10,13-15H2. The number of hydrogen-bond acceptors (Lipinski definition) is 3. The van der Waals surface area contributed by atoms with Crippen LogP contribution in [0.3, 0.4) is 0 Å². The lowest BCUT2D eigenvalue weighted by molar-refractivity contribution is 0.241. The van der Waals surface area contributed by atoms with Crippen molar-refractivity contribution in [2.24, 2.45) is 0 Å². The lowest BCUT2D eigenvalue weighted by Gasteiger charge is -2.31. The van der Waals surface area contributed by atoms with E-state index in [-0.39, 0.29) is 6.04 Å². The van der Waals surface area contributed by atoms with E-state index in [2.05, 4.69) is 69.8 Å². The second-order valence-corrected chi connectivity index (χ2v) is 6.43. The lowest BCUT2D eigenvalue weighted by atomic mass is 9.95. The van der Waals surface area contributed by atoms with Crippen molar-refractivity contribution in [2.75, 3.05) is 26.2 Å². The van der Waals surface area contributed by atoms with Gasteiger partial charge >= 0.3 is 0 Å². The van der Waals surface area contributed by atoms with Crippen LogP contribution in [0.5, 0.6) is 0 Å². The van der Waals surface area contributed by atoms with Gasteiger partial charge in [-0.15, -0.1) is 0 Å². The zero-order valence-corrected chi connectivity index (χ0v) is 13.9. The number of aromatic nitrogens is 1. The molecule has 1 aliphatic heterocycles. The highest BCUT2D eigenvalue weighted by atomic mass is 15.2. The van der Waals surface area contributed by atoms with E-state index in [0.29, 0.717) is 0 Å². The molecule has 4 rings (SSSR count). The van der Waals surface area contributed by atoms with Crippen molar-refractivity contribution >= 4 is 10.8 Å². The summed E-state index contributed by atoms with van der Waals surface area (Å²) < 4.78 is 0. The van der Waals surface area contributed by atoms with Gasteiger partial charge in [0, 0.05) is 32.0 Å². The Balaban J connectivity index is 1.78. The molecule has 1 aliphatic rings. The van der Waals surface area contributed by atoms with Crippen molar-refractivity contribution in [3.8, 4) is 0 Å². The van der Waals surface area contributed by atoms with Gasteiger partial charge < -0.3 is 5.32 Å². The molecule has 2 aromatic carbocycles. The van der Waals surface area contributed by atoms with Crippen molar-refractivity contribution in [1.29, 1.82) is 0 Å². The molecule has 0 amide bonds. The van der Waals surface area contributed by atoms with Crippen molar-refractivity contribution in [3.63, 3.8) is 0 Å². The predicted molar refractivity (Wildman–Crippen MR) is 99.1 cm³/mol. The monoisotopic (exact) mass is 317 g/mol. The molecule has 1 fully saturated rings. The first kappa shape index (κ1) is 15.3. The molecule has 0 bridgehead atoms. The Morgan fingerprint density at radius 3 is 2.54 bits per heavy atom. The Morgan fingerprint density at radius 2 is 1.67 bits per heavy atom. The molecular weight excluding hydrogens is 294 g/mol. The van der Waals surface area contributed by atoms with Gasteiger partial charge in [-0.25, -0.2) is 0 Å². The number of fused-ring (bicyclic) bond motifs is 1. The molecule has 122 valence electrons. The number of benzene rings is 2. The Morgan fingerprint density at radius 1 is 0.833 bits per heavy atom. The summed E-state index contributed by atoms with van der Waals surface area (Å²) in [7, 11) is 0. The molecule has 0 radical (unpaired) electrons. The Kier molecular flexibility index (Phi) is 4.54. The highest BCUT2D eigenvalue weighted by molar-refractivity contribution is 5.83. The van der Waals surface area contributed by atoms with Crippen molar-refractivity contribution in [2.45, 2.75) is 12.5 Å². The molecule has 0 spiro atoms. The normalized spacial score (nSPS) is 17.5. The predicted octanol–water partition coefficient (Wildman–Crippen LogP) is 3.62. The van der Waals surface area contributed by atoms with E-state index in [9.17, 15) is 0 Å². The minimum absolute atomic E-state index is 0.289. The van der Waals surface area contributed by atoms with E-state index < -0.39 is 0 Å². The number of pyridine rings is 1. The van der Waals surface area contributed by atoms with Crippen LogP contribution in [0.2, 0.25) is 0 Å². The average molecular weight is 317 g/mol. The molecule has 24 heavy (non-hydrogen) atoms. The topological polar surface area (TPSA) is 28.2 Å². The average Bonchev–Trinajstić information content (AvgIpc) is 2.92. The van der Waals surface area contributed by atoms with E-state index in [1.807, 2.05) is 12.4 Å². The third-order valence-corrected chi connectivity index (χ3v) is 4.85. The van der Waals surface area contributed by atoms with Crippen LogP contribution in [0, 0.1) is 0 Å². The van der Waals surface area contributed by atoms with Gasteiger partial charge in [-0.1, -0.05) is 36.4 Å². The molecule has 0 saturated carbocycles. The molecule has 1 atom stereocenters. The van der Waals surface area contributed by atoms with Gasteiger partial charge in [-0.3, -0.25) is 9.88 Å². The Bertz CT molecular complexity index is 792. The lowest BCUT2D eigenvalue weighted by Crippen LogP contribution is -2.33. The largest absolute Gasteiger partial charge is 0.315 e. The second-order valence-electron chi connectivity index (χ2n) is 6.43. The van der Waals surface area contributed by atoms with Gasteiger partial charge in [-0.2, -0.15) is 0 Å². The first-order chi connectivity index (χ1) is 11.9. The maximum Gasteiger partial charge on any atom is 0.0603 e. The summed E-state index contributed by atoms with van der Waals surface area (Å²) in [6, 6.07) is 20.1. The zero-order valence-electron chi connectivity index (χ0n) is 13.9. The molecule has 3 heteroatoms. The van der Waals surface area contributed by atoms with E-state index in [0.717, 1.165) is 26.2 Å². The molecule has 0 aliphatic carbocycles. The van der Waals surface area contributed by atoms with Crippen LogP contribution in [0.15, 0.2) is 67.0 Å². The van der Waals surface area contributed by atoms with Crippen LogP contribution in [0.25, 0.3) is 10.8 Å². The Labute approximate surface area is 143 Å². The fourth-order valence-corrected chi connectivity index (χ4v) is 3.66. The molecule has 3 aromatic rings. The number of rotatable bonds is 3. The van der Waals surface area contributed by atoms with E-state index in [1.165, 1.54) is 28.3 Å². The number of hydrogen-bond donors (Lipinski definition) is 1. The first-order valence-electron chi connectivity index (χ1n) is 8.75. The minimum Gasteiger partial charge on any atom is -0.315 e. The van der Waals surface area contributed by atoms with Crippen LogP contribution in [0.1, 0.15) is 23.6 Å². The minimum atomic E-state index is 0.289. The fraction of sp³-hybridized carbons (Fsp3) is 0.286. The summed E-state index contributed by atoms with van der Waals surface area (Å²) in [5.41, 5.74) is 2.68. The summed E-state index contributed by atoms with van der Waals surface area (Å²) in [4.78, 5) is 6.80. The molecule has 1 saturated heterocycles. The van der Waals surface area contributed by atoms with Crippen LogP contribution in [0.4, 0.5) is 0 Å². The quantitative estimate of drug-likeness (QED) is 0.800. The molecule has 1 N–H and O–H groups in total. The van der Waals surface area contributed by atoms with Crippen molar-refractivity contribution < 1.29 is 0 Å². The van der Waals surface area contributed by atoms with Gasteiger partial charge in [-0.05, 0) is 53.1 Å². The SMILES string of the molecule is c1ccc2cc(C(c3ccncc3)N3CCCNCC3)ccc2c1. The molecule has 1 unspecified atom stereocenters. The van der Waals surface area contributed by atoms with Crippen LogP contribution in [-0.4, -0.2) is 36.1 Å². The molecule has 1 aromatic heterocycles. The van der Waals surface area contributed by atoms with Crippen LogP contribution < -0.4 is 5.32 Å². The third kappa shape index (κ3) is 3.18. The van der Waals surface area contributed by atoms with Gasteiger partial charge in [0.05, 0.1) is 6.04 Å².